The number of amidine groups is 1. The summed E-state index contributed by atoms with van der Waals surface area (Å²) in [5.41, 5.74) is 2.66. The molecule has 0 bridgehead atoms. The Morgan fingerprint density at radius 1 is 1.20 bits per heavy atom. The zero-order valence-corrected chi connectivity index (χ0v) is 25.7. The van der Waals surface area contributed by atoms with Crippen LogP contribution in [0.2, 0.25) is 5.02 Å². The smallest absolute Gasteiger partial charge is 0.338 e. The summed E-state index contributed by atoms with van der Waals surface area (Å²) in [5, 5.41) is 14.9. The molecule has 1 unspecified atom stereocenters. The lowest BCUT2D eigenvalue weighted by Crippen LogP contribution is -2.53. The average molecular weight is 644 g/mol. The summed E-state index contributed by atoms with van der Waals surface area (Å²) >= 11 is 7.86. The fourth-order valence-corrected chi connectivity index (χ4v) is 6.53. The van der Waals surface area contributed by atoms with Crippen LogP contribution in [0.4, 0.5) is 9.18 Å². The summed E-state index contributed by atoms with van der Waals surface area (Å²) in [7, 11) is 1.30. The number of carbonyl (C=O) groups is 2. The van der Waals surface area contributed by atoms with E-state index < -0.39 is 17.8 Å². The second-order valence-electron chi connectivity index (χ2n) is 10.6. The number of nitrogens with one attached hydrogen (secondary N) is 1. The molecule has 2 aromatic carbocycles. The average Bonchev–Trinajstić information content (AvgIpc) is 3.69. The second kappa shape index (κ2) is 13.1. The van der Waals surface area contributed by atoms with Crippen molar-refractivity contribution in [1.82, 2.24) is 25.0 Å². The van der Waals surface area contributed by atoms with E-state index in [2.05, 4.69) is 33.1 Å². The van der Waals surface area contributed by atoms with E-state index >= 15 is 0 Å². The van der Waals surface area contributed by atoms with E-state index in [1.807, 2.05) is 10.3 Å². The standard InChI is InChI=1S/C32H27ClFN7O3S/c1-44-31(42)27-26(37-29(30-36-10-14-45-30)38-28(27)24-9-8-22(34)15-25(24)33)19-39-12-13-41-23(17-39)18-40(32(41)43)11-2-3-20-4-6-21(16-35)7-5-20/h4-10,14-15,23,28H,11-13,17-19H2,1H3,(H,37,38)/t23-,28?/m0/s1. The van der Waals surface area contributed by atoms with E-state index in [9.17, 15) is 14.0 Å². The molecule has 0 radical (unpaired) electrons. The van der Waals surface area contributed by atoms with Crippen molar-refractivity contribution >= 4 is 40.8 Å². The van der Waals surface area contributed by atoms with Crippen LogP contribution in [0.25, 0.3) is 0 Å². The minimum absolute atomic E-state index is 0.0526. The summed E-state index contributed by atoms with van der Waals surface area (Å²) in [6, 6.07) is 12.1. The lowest BCUT2D eigenvalue weighted by Gasteiger charge is -2.38. The number of hydrogen-bond acceptors (Lipinski definition) is 9. The first-order valence-electron chi connectivity index (χ1n) is 14.1. The van der Waals surface area contributed by atoms with Gasteiger partial charge in [0.15, 0.2) is 10.8 Å². The van der Waals surface area contributed by atoms with E-state index in [1.54, 1.807) is 35.4 Å². The molecule has 2 amide bonds. The second-order valence-corrected chi connectivity index (χ2v) is 11.9. The normalized spacial score (nSPS) is 19.7. The Bertz CT molecular complexity index is 1790. The molecule has 10 nitrogen and oxygen atoms in total. The van der Waals surface area contributed by atoms with Gasteiger partial charge in [-0.05, 0) is 36.4 Å². The maximum absolute atomic E-state index is 14.0. The third-order valence-corrected chi connectivity index (χ3v) is 8.94. The van der Waals surface area contributed by atoms with Crippen molar-refractivity contribution in [3.63, 3.8) is 0 Å². The molecule has 228 valence electrons. The van der Waals surface area contributed by atoms with E-state index in [0.29, 0.717) is 66.9 Å². The first kappa shape index (κ1) is 30.3. The summed E-state index contributed by atoms with van der Waals surface area (Å²) < 4.78 is 19.1. The SMILES string of the molecule is COC(=O)C1=C(CN2CCN3C(=O)N(CC#Cc4ccc(C#N)cc4)C[C@@H]3C2)NC(c2nccs2)=NC1c1ccc(F)cc1Cl. The molecule has 3 aromatic rings. The Morgan fingerprint density at radius 2 is 2.00 bits per heavy atom. The van der Waals surface area contributed by atoms with E-state index in [1.165, 1.54) is 36.6 Å². The first-order valence-corrected chi connectivity index (χ1v) is 15.4. The third-order valence-electron chi connectivity index (χ3n) is 7.84. The molecule has 0 saturated carbocycles. The van der Waals surface area contributed by atoms with Gasteiger partial charge in [0, 0.05) is 66.1 Å². The number of amides is 2. The van der Waals surface area contributed by atoms with E-state index in [-0.39, 0.29) is 22.7 Å². The number of fused-ring (bicyclic) bond motifs is 1. The monoisotopic (exact) mass is 643 g/mol. The van der Waals surface area contributed by atoms with Gasteiger partial charge in [0.2, 0.25) is 0 Å². The van der Waals surface area contributed by atoms with E-state index in [0.717, 1.165) is 5.56 Å². The number of benzene rings is 2. The lowest BCUT2D eigenvalue weighted by atomic mass is 9.95. The number of hydrogen-bond donors (Lipinski definition) is 1. The van der Waals surface area contributed by atoms with Crippen molar-refractivity contribution in [1.29, 1.82) is 5.26 Å². The molecule has 0 aliphatic carbocycles. The molecule has 45 heavy (non-hydrogen) atoms. The number of rotatable bonds is 6. The molecule has 13 heteroatoms. The number of urea groups is 1. The number of esters is 1. The maximum atomic E-state index is 14.0. The van der Waals surface area contributed by atoms with Gasteiger partial charge < -0.3 is 19.9 Å². The van der Waals surface area contributed by atoms with Gasteiger partial charge in [0.1, 0.15) is 11.9 Å². The number of halogens is 2. The molecule has 3 aliphatic heterocycles. The Hall–Kier alpha value is -4.75. The highest BCUT2D eigenvalue weighted by atomic mass is 35.5. The van der Waals surface area contributed by atoms with Crippen molar-refractivity contribution in [2.24, 2.45) is 4.99 Å². The number of thiazole rings is 1. The van der Waals surface area contributed by atoms with Crippen LogP contribution in [0.15, 0.2) is 70.3 Å². The number of nitriles is 1. The highest BCUT2D eigenvalue weighted by Crippen LogP contribution is 2.37. The highest BCUT2D eigenvalue weighted by molar-refractivity contribution is 7.11. The number of methoxy groups -OCH3 is 1. The molecule has 2 fully saturated rings. The number of ether oxygens (including phenoxy) is 1. The van der Waals surface area contributed by atoms with Crippen molar-refractivity contribution < 1.29 is 18.7 Å². The summed E-state index contributed by atoms with van der Waals surface area (Å²) in [4.78, 5) is 41.4. The van der Waals surface area contributed by atoms with Gasteiger partial charge in [-0.3, -0.25) is 9.89 Å². The molecule has 1 N–H and O–H groups in total. The third kappa shape index (κ3) is 6.40. The molecule has 3 aliphatic rings. The van der Waals surface area contributed by atoms with Gasteiger partial charge in [-0.25, -0.2) is 19.0 Å². The van der Waals surface area contributed by atoms with Crippen LogP contribution < -0.4 is 5.32 Å². The van der Waals surface area contributed by atoms with Crippen LogP contribution in [0.3, 0.4) is 0 Å². The first-order chi connectivity index (χ1) is 21.8. The predicted octanol–water partition coefficient (Wildman–Crippen LogP) is 3.80. The van der Waals surface area contributed by atoms with Crippen molar-refractivity contribution in [3.8, 4) is 17.9 Å². The van der Waals surface area contributed by atoms with E-state index in [4.69, 9.17) is 26.6 Å². The summed E-state index contributed by atoms with van der Waals surface area (Å²) in [5.74, 6) is 5.54. The van der Waals surface area contributed by atoms with Crippen LogP contribution in [-0.2, 0) is 9.53 Å². The number of nitrogens with zero attached hydrogens (tertiary/aromatic N) is 6. The van der Waals surface area contributed by atoms with Gasteiger partial charge >= 0.3 is 12.0 Å². The molecular formula is C32H27ClFN7O3S. The fourth-order valence-electron chi connectivity index (χ4n) is 5.67. The minimum atomic E-state index is -0.847. The number of aromatic nitrogens is 1. The zero-order valence-electron chi connectivity index (χ0n) is 24.2. The molecule has 4 heterocycles. The van der Waals surface area contributed by atoms with Crippen molar-refractivity contribution in [3.05, 3.63) is 97.8 Å². The van der Waals surface area contributed by atoms with Crippen LogP contribution in [-0.4, -0.2) is 89.9 Å². The number of aliphatic imine (C=N–C) groups is 1. The Morgan fingerprint density at radius 3 is 2.71 bits per heavy atom. The molecule has 6 rings (SSSR count). The van der Waals surface area contributed by atoms with Crippen LogP contribution >= 0.6 is 22.9 Å². The Labute approximate surface area is 268 Å². The highest BCUT2D eigenvalue weighted by Gasteiger charge is 2.41. The summed E-state index contributed by atoms with van der Waals surface area (Å²) in [6.07, 6.45) is 1.67. The van der Waals surface area contributed by atoms with Crippen molar-refractivity contribution in [2.45, 2.75) is 12.1 Å². The Kier molecular flexibility index (Phi) is 8.80. The molecule has 0 spiro atoms. The van der Waals surface area contributed by atoms with Crippen molar-refractivity contribution in [2.75, 3.05) is 46.4 Å². The zero-order chi connectivity index (χ0) is 31.5. The fraction of sp³-hybridized carbons (Fsp3) is 0.281. The van der Waals surface area contributed by atoms with Crippen LogP contribution in [0, 0.1) is 29.0 Å². The maximum Gasteiger partial charge on any atom is 0.338 e. The predicted molar refractivity (Wildman–Crippen MR) is 167 cm³/mol. The van der Waals surface area contributed by atoms with Gasteiger partial charge in [-0.2, -0.15) is 5.26 Å². The molecule has 2 saturated heterocycles. The number of carbonyl (C=O) groups excluding carboxylic acids is 2. The molecule has 2 atom stereocenters. The molecule has 1 aromatic heterocycles. The molecular weight excluding hydrogens is 617 g/mol. The lowest BCUT2D eigenvalue weighted by molar-refractivity contribution is -0.136. The van der Waals surface area contributed by atoms with Gasteiger partial charge in [0.05, 0.1) is 36.9 Å². The van der Waals surface area contributed by atoms with Gasteiger partial charge in [-0.1, -0.05) is 29.5 Å². The minimum Gasteiger partial charge on any atom is -0.466 e. The van der Waals surface area contributed by atoms with Crippen LogP contribution in [0.5, 0.6) is 0 Å². The number of piperazine rings is 1. The van der Waals surface area contributed by atoms with Crippen LogP contribution in [0.1, 0.15) is 27.7 Å². The largest absolute Gasteiger partial charge is 0.466 e. The van der Waals surface area contributed by atoms with Gasteiger partial charge in [-0.15, -0.1) is 11.3 Å². The topological polar surface area (TPSA) is 114 Å². The van der Waals surface area contributed by atoms with Gasteiger partial charge in [0.25, 0.3) is 0 Å². The Balaban J connectivity index is 1.22. The quantitative estimate of drug-likeness (QED) is 0.321. The summed E-state index contributed by atoms with van der Waals surface area (Å²) in [6.45, 7) is 2.84.